The largest absolute Gasteiger partial charge is 0.461 e. The first kappa shape index (κ1) is 13.5. The summed E-state index contributed by atoms with van der Waals surface area (Å²) in [6.45, 7) is 2.09. The van der Waals surface area contributed by atoms with Gasteiger partial charge >= 0.3 is 5.97 Å². The van der Waals surface area contributed by atoms with Gasteiger partial charge in [-0.15, -0.1) is 0 Å². The molecule has 0 fully saturated rings. The third-order valence-electron chi connectivity index (χ3n) is 2.47. The van der Waals surface area contributed by atoms with E-state index in [-0.39, 0.29) is 5.69 Å². The van der Waals surface area contributed by atoms with Crippen molar-refractivity contribution in [2.45, 2.75) is 13.3 Å². The highest BCUT2D eigenvalue weighted by atomic mass is 35.5. The van der Waals surface area contributed by atoms with Crippen LogP contribution in [-0.2, 0) is 11.2 Å². The minimum atomic E-state index is -0.428. The quantitative estimate of drug-likeness (QED) is 0.806. The van der Waals surface area contributed by atoms with Crippen LogP contribution in [0.3, 0.4) is 0 Å². The molecule has 0 unspecified atom stereocenters. The van der Waals surface area contributed by atoms with Gasteiger partial charge in [0.1, 0.15) is 5.82 Å². The zero-order valence-corrected chi connectivity index (χ0v) is 11.2. The predicted molar refractivity (Wildman–Crippen MR) is 72.2 cm³/mol. The van der Waals surface area contributed by atoms with Gasteiger partial charge in [-0.3, -0.25) is 0 Å². The van der Waals surface area contributed by atoms with Crippen LogP contribution >= 0.6 is 11.6 Å². The summed E-state index contributed by atoms with van der Waals surface area (Å²) in [6, 6.07) is 8.98. The summed E-state index contributed by atoms with van der Waals surface area (Å²) in [5.41, 5.74) is 1.31. The SMILES string of the molecule is CCOC(=O)c1ccnc(Cc2ccc(Cl)cc2)n1. The Morgan fingerprint density at radius 1 is 1.26 bits per heavy atom. The number of rotatable bonds is 4. The highest BCUT2D eigenvalue weighted by molar-refractivity contribution is 6.30. The van der Waals surface area contributed by atoms with Gasteiger partial charge in [-0.25, -0.2) is 14.8 Å². The second kappa shape index (κ2) is 6.29. The van der Waals surface area contributed by atoms with Gasteiger partial charge in [-0.2, -0.15) is 0 Å². The maximum Gasteiger partial charge on any atom is 0.357 e. The zero-order valence-electron chi connectivity index (χ0n) is 10.5. The summed E-state index contributed by atoms with van der Waals surface area (Å²) in [5.74, 6) is 0.148. The van der Waals surface area contributed by atoms with Crippen molar-refractivity contribution >= 4 is 17.6 Å². The molecule has 0 radical (unpaired) electrons. The van der Waals surface area contributed by atoms with Gasteiger partial charge in [0.15, 0.2) is 5.69 Å². The molecule has 1 aromatic heterocycles. The number of esters is 1. The van der Waals surface area contributed by atoms with Gasteiger partial charge < -0.3 is 4.74 Å². The van der Waals surface area contributed by atoms with Crippen LogP contribution in [-0.4, -0.2) is 22.5 Å². The van der Waals surface area contributed by atoms with Gasteiger partial charge in [-0.05, 0) is 30.7 Å². The molecule has 0 amide bonds. The standard InChI is InChI=1S/C14H13ClN2O2/c1-2-19-14(18)12-7-8-16-13(17-12)9-10-3-5-11(15)6-4-10/h3-8H,2,9H2,1H3. The fourth-order valence-electron chi connectivity index (χ4n) is 1.59. The van der Waals surface area contributed by atoms with E-state index in [0.717, 1.165) is 5.56 Å². The van der Waals surface area contributed by atoms with Crippen molar-refractivity contribution in [1.82, 2.24) is 9.97 Å². The molecule has 0 aliphatic rings. The van der Waals surface area contributed by atoms with Gasteiger partial charge in [0, 0.05) is 17.6 Å². The van der Waals surface area contributed by atoms with Crippen LogP contribution in [0.2, 0.25) is 5.02 Å². The van der Waals surface area contributed by atoms with E-state index in [1.165, 1.54) is 0 Å². The number of benzene rings is 1. The average molecular weight is 277 g/mol. The van der Waals surface area contributed by atoms with Crippen molar-refractivity contribution in [3.63, 3.8) is 0 Å². The van der Waals surface area contributed by atoms with Crippen LogP contribution in [0, 0.1) is 0 Å². The molecule has 0 N–H and O–H groups in total. The molecule has 98 valence electrons. The van der Waals surface area contributed by atoms with Crippen LogP contribution in [0.4, 0.5) is 0 Å². The number of nitrogens with zero attached hydrogens (tertiary/aromatic N) is 2. The Morgan fingerprint density at radius 3 is 2.68 bits per heavy atom. The second-order valence-corrected chi connectivity index (χ2v) is 4.32. The molecule has 0 bridgehead atoms. The number of halogens is 1. The van der Waals surface area contributed by atoms with E-state index in [4.69, 9.17) is 16.3 Å². The van der Waals surface area contributed by atoms with Crippen LogP contribution in [0.5, 0.6) is 0 Å². The van der Waals surface area contributed by atoms with E-state index in [2.05, 4.69) is 9.97 Å². The Balaban J connectivity index is 2.15. The molecule has 1 heterocycles. The monoisotopic (exact) mass is 276 g/mol. The highest BCUT2D eigenvalue weighted by Gasteiger charge is 2.09. The second-order valence-electron chi connectivity index (χ2n) is 3.88. The number of carbonyl (C=O) groups is 1. The van der Waals surface area contributed by atoms with Crippen molar-refractivity contribution in [2.75, 3.05) is 6.61 Å². The molecule has 0 aliphatic carbocycles. The maximum absolute atomic E-state index is 11.6. The normalized spacial score (nSPS) is 10.2. The highest BCUT2D eigenvalue weighted by Crippen LogP contribution is 2.12. The molecule has 5 heteroatoms. The van der Waals surface area contributed by atoms with Crippen LogP contribution in [0.25, 0.3) is 0 Å². The summed E-state index contributed by atoms with van der Waals surface area (Å²) in [7, 11) is 0. The van der Waals surface area contributed by atoms with E-state index in [1.807, 2.05) is 24.3 Å². The van der Waals surface area contributed by atoms with Crippen LogP contribution < -0.4 is 0 Å². The molecule has 0 saturated heterocycles. The zero-order chi connectivity index (χ0) is 13.7. The van der Waals surface area contributed by atoms with Crippen LogP contribution in [0.1, 0.15) is 28.8 Å². The topological polar surface area (TPSA) is 52.1 Å². The van der Waals surface area contributed by atoms with Crippen LogP contribution in [0.15, 0.2) is 36.5 Å². The lowest BCUT2D eigenvalue weighted by atomic mass is 10.1. The number of hydrogen-bond donors (Lipinski definition) is 0. The molecule has 0 aliphatic heterocycles. The van der Waals surface area contributed by atoms with Gasteiger partial charge in [-0.1, -0.05) is 23.7 Å². The van der Waals surface area contributed by atoms with E-state index in [0.29, 0.717) is 23.9 Å². The Kier molecular flexibility index (Phi) is 4.47. The van der Waals surface area contributed by atoms with Crippen molar-refractivity contribution in [3.05, 3.63) is 58.6 Å². The average Bonchev–Trinajstić information content (AvgIpc) is 2.42. The Labute approximate surface area is 116 Å². The predicted octanol–water partition coefficient (Wildman–Crippen LogP) is 2.90. The summed E-state index contributed by atoms with van der Waals surface area (Å²) >= 11 is 5.82. The lowest BCUT2D eigenvalue weighted by Gasteiger charge is -2.04. The molecule has 0 spiro atoms. The van der Waals surface area contributed by atoms with E-state index >= 15 is 0 Å². The van der Waals surface area contributed by atoms with E-state index < -0.39 is 5.97 Å². The molecular formula is C14H13ClN2O2. The lowest BCUT2D eigenvalue weighted by molar-refractivity contribution is 0.0519. The Hall–Kier alpha value is -1.94. The van der Waals surface area contributed by atoms with Gasteiger partial charge in [0.05, 0.1) is 6.61 Å². The molecule has 1 aromatic carbocycles. The molecular weight excluding hydrogens is 264 g/mol. The minimum Gasteiger partial charge on any atom is -0.461 e. The van der Waals surface area contributed by atoms with Gasteiger partial charge in [0.2, 0.25) is 0 Å². The van der Waals surface area contributed by atoms with Crippen molar-refractivity contribution < 1.29 is 9.53 Å². The number of hydrogen-bond acceptors (Lipinski definition) is 4. The summed E-state index contributed by atoms with van der Waals surface area (Å²) in [4.78, 5) is 19.9. The molecule has 4 nitrogen and oxygen atoms in total. The van der Waals surface area contributed by atoms with Crippen molar-refractivity contribution in [1.29, 1.82) is 0 Å². The third kappa shape index (κ3) is 3.76. The van der Waals surface area contributed by atoms with E-state index in [9.17, 15) is 4.79 Å². The summed E-state index contributed by atoms with van der Waals surface area (Å²) in [6.07, 6.45) is 2.11. The smallest absolute Gasteiger partial charge is 0.357 e. The Bertz CT molecular complexity index is 570. The Morgan fingerprint density at radius 2 is 2.00 bits per heavy atom. The first-order valence-electron chi connectivity index (χ1n) is 5.92. The first-order valence-corrected chi connectivity index (χ1v) is 6.30. The fourth-order valence-corrected chi connectivity index (χ4v) is 1.71. The van der Waals surface area contributed by atoms with Crippen molar-refractivity contribution in [3.8, 4) is 0 Å². The lowest BCUT2D eigenvalue weighted by Crippen LogP contribution is -2.09. The molecule has 2 rings (SSSR count). The molecule has 0 saturated carbocycles. The number of aromatic nitrogens is 2. The molecule has 0 atom stereocenters. The molecule has 2 aromatic rings. The third-order valence-corrected chi connectivity index (χ3v) is 2.72. The van der Waals surface area contributed by atoms with Crippen molar-refractivity contribution in [2.24, 2.45) is 0 Å². The first-order chi connectivity index (χ1) is 9.19. The maximum atomic E-state index is 11.6. The fraction of sp³-hybridized carbons (Fsp3) is 0.214. The van der Waals surface area contributed by atoms with Gasteiger partial charge in [0.25, 0.3) is 0 Å². The number of carbonyl (C=O) groups excluding carboxylic acids is 1. The summed E-state index contributed by atoms with van der Waals surface area (Å²) in [5, 5.41) is 0.685. The molecule has 19 heavy (non-hydrogen) atoms. The minimum absolute atomic E-state index is 0.279. The number of ether oxygens (including phenoxy) is 1. The van der Waals surface area contributed by atoms with E-state index in [1.54, 1.807) is 19.2 Å². The summed E-state index contributed by atoms with van der Waals surface area (Å²) < 4.78 is 4.90.